The predicted molar refractivity (Wildman–Crippen MR) is 270 cm³/mol. The summed E-state index contributed by atoms with van der Waals surface area (Å²) in [6, 6.07) is 0. The molecule has 0 heterocycles. The van der Waals surface area contributed by atoms with Gasteiger partial charge in [-0.1, -0.05) is 250 Å². The Balaban J connectivity index is 4.04. The van der Waals surface area contributed by atoms with Crippen LogP contribution >= 0.6 is 0 Å². The van der Waals surface area contributed by atoms with Crippen molar-refractivity contribution in [3.8, 4) is 0 Å². The summed E-state index contributed by atoms with van der Waals surface area (Å²) in [4.78, 5) is 37.7. The molecule has 0 aliphatic carbocycles. The molecule has 6 heteroatoms. The van der Waals surface area contributed by atoms with E-state index in [-0.39, 0.29) is 31.1 Å². The molecule has 0 N–H and O–H groups in total. The van der Waals surface area contributed by atoms with Gasteiger partial charge in [-0.15, -0.1) is 0 Å². The monoisotopic (exact) mass is 885 g/mol. The molecule has 0 aromatic heterocycles. The lowest BCUT2D eigenvalue weighted by atomic mass is 10.0. The molecule has 0 aliphatic rings. The normalized spacial score (nSPS) is 12.2. The van der Waals surface area contributed by atoms with Gasteiger partial charge in [0.05, 0.1) is 0 Å². The average molecular weight is 885 g/mol. The first-order valence-corrected chi connectivity index (χ1v) is 27.5. The SMILES string of the molecule is CCCCCCC/C=C\C/C=C\C/C=C\CCCCCCCCCCCCCCC(=O)OCC(COC(=O)CCCCCCCC)OC(=O)CCCCCCCCCCCCCC. The van der Waals surface area contributed by atoms with Gasteiger partial charge in [-0.05, 0) is 57.8 Å². The van der Waals surface area contributed by atoms with Crippen molar-refractivity contribution in [2.45, 2.75) is 297 Å². The van der Waals surface area contributed by atoms with Gasteiger partial charge in [0.25, 0.3) is 0 Å². The molecule has 0 spiro atoms. The van der Waals surface area contributed by atoms with E-state index in [4.69, 9.17) is 14.2 Å². The van der Waals surface area contributed by atoms with Crippen LogP contribution in [-0.4, -0.2) is 37.2 Å². The minimum atomic E-state index is -0.764. The number of esters is 3. The highest BCUT2D eigenvalue weighted by atomic mass is 16.6. The maximum absolute atomic E-state index is 12.7. The van der Waals surface area contributed by atoms with E-state index >= 15 is 0 Å². The summed E-state index contributed by atoms with van der Waals surface area (Å²) in [5.74, 6) is -0.870. The highest BCUT2D eigenvalue weighted by Gasteiger charge is 2.19. The zero-order valence-corrected chi connectivity index (χ0v) is 42.1. The first-order valence-electron chi connectivity index (χ1n) is 27.5. The second-order valence-electron chi connectivity index (χ2n) is 18.5. The van der Waals surface area contributed by atoms with E-state index in [0.717, 1.165) is 70.6 Å². The molecule has 368 valence electrons. The highest BCUT2D eigenvalue weighted by Crippen LogP contribution is 2.16. The molecule has 0 fully saturated rings. The van der Waals surface area contributed by atoms with Crippen LogP contribution in [0.4, 0.5) is 0 Å². The number of unbranched alkanes of at least 4 members (excludes halogenated alkanes) is 33. The molecule has 0 radical (unpaired) electrons. The highest BCUT2D eigenvalue weighted by molar-refractivity contribution is 5.71. The Hall–Kier alpha value is -2.37. The number of carbonyl (C=O) groups is 3. The van der Waals surface area contributed by atoms with E-state index in [9.17, 15) is 14.4 Å². The average Bonchev–Trinajstić information content (AvgIpc) is 3.28. The van der Waals surface area contributed by atoms with Crippen molar-refractivity contribution in [3.05, 3.63) is 36.5 Å². The lowest BCUT2D eigenvalue weighted by Crippen LogP contribution is -2.30. The number of hydrogen-bond acceptors (Lipinski definition) is 6. The third-order valence-electron chi connectivity index (χ3n) is 12.1. The standard InChI is InChI=1S/C57H104O6/c1-4-7-10-13-16-18-20-22-23-24-25-26-27-28-29-30-31-32-33-34-35-36-38-39-41-44-47-50-56(59)62-53-54(52-61-55(58)49-46-43-15-12-9-6-3)63-57(60)51-48-45-42-40-37-21-19-17-14-11-8-5-2/h20,22,24-25,27-28,54H,4-19,21,23,26,29-53H2,1-3H3/b22-20-,25-24-,28-27-. The summed E-state index contributed by atoms with van der Waals surface area (Å²) < 4.78 is 16.7. The number of allylic oxidation sites excluding steroid dienone is 6. The van der Waals surface area contributed by atoms with Crippen LogP contribution in [-0.2, 0) is 28.6 Å². The summed E-state index contributed by atoms with van der Waals surface area (Å²) in [6.07, 6.45) is 61.7. The van der Waals surface area contributed by atoms with Crippen LogP contribution < -0.4 is 0 Å². The van der Waals surface area contributed by atoms with Crippen molar-refractivity contribution < 1.29 is 28.6 Å². The Morgan fingerprint density at radius 2 is 0.571 bits per heavy atom. The number of carbonyl (C=O) groups excluding carboxylic acids is 3. The van der Waals surface area contributed by atoms with Gasteiger partial charge in [0, 0.05) is 19.3 Å². The maximum Gasteiger partial charge on any atom is 0.306 e. The fraction of sp³-hybridized carbons (Fsp3) is 0.842. The fourth-order valence-corrected chi connectivity index (χ4v) is 7.98. The summed E-state index contributed by atoms with van der Waals surface area (Å²) >= 11 is 0. The zero-order valence-electron chi connectivity index (χ0n) is 42.1. The van der Waals surface area contributed by atoms with Crippen molar-refractivity contribution in [3.63, 3.8) is 0 Å². The van der Waals surface area contributed by atoms with Gasteiger partial charge in [0.1, 0.15) is 13.2 Å². The van der Waals surface area contributed by atoms with E-state index in [1.54, 1.807) is 0 Å². The Labute approximate surface area is 391 Å². The van der Waals surface area contributed by atoms with Crippen molar-refractivity contribution in [2.75, 3.05) is 13.2 Å². The molecule has 6 nitrogen and oxygen atoms in total. The van der Waals surface area contributed by atoms with Crippen LogP contribution in [0.15, 0.2) is 36.5 Å². The molecule has 0 saturated carbocycles. The summed E-state index contributed by atoms with van der Waals surface area (Å²) in [6.45, 7) is 6.58. The van der Waals surface area contributed by atoms with Crippen LogP contribution in [0.25, 0.3) is 0 Å². The Morgan fingerprint density at radius 3 is 0.889 bits per heavy atom. The lowest BCUT2D eigenvalue weighted by molar-refractivity contribution is -0.167. The molecule has 0 aromatic rings. The quantitative estimate of drug-likeness (QED) is 0.0262. The van der Waals surface area contributed by atoms with Crippen molar-refractivity contribution in [2.24, 2.45) is 0 Å². The predicted octanol–water partition coefficient (Wildman–Crippen LogP) is 18.1. The number of ether oxygens (including phenoxy) is 3. The summed E-state index contributed by atoms with van der Waals surface area (Å²) in [5.41, 5.74) is 0. The number of rotatable bonds is 50. The Bertz CT molecular complexity index is 1060. The van der Waals surface area contributed by atoms with E-state index in [1.165, 1.54) is 180 Å². The van der Waals surface area contributed by atoms with Crippen LogP contribution in [0.1, 0.15) is 290 Å². The summed E-state index contributed by atoms with van der Waals surface area (Å²) in [5, 5.41) is 0. The van der Waals surface area contributed by atoms with E-state index in [2.05, 4.69) is 57.2 Å². The minimum absolute atomic E-state index is 0.0694. The van der Waals surface area contributed by atoms with Crippen LogP contribution in [0.2, 0.25) is 0 Å². The fourth-order valence-electron chi connectivity index (χ4n) is 7.98. The molecule has 0 aromatic carbocycles. The van der Waals surface area contributed by atoms with Gasteiger partial charge in [-0.2, -0.15) is 0 Å². The van der Waals surface area contributed by atoms with Gasteiger partial charge in [0.15, 0.2) is 6.10 Å². The van der Waals surface area contributed by atoms with E-state index < -0.39 is 6.10 Å². The van der Waals surface area contributed by atoms with Crippen molar-refractivity contribution in [1.82, 2.24) is 0 Å². The second kappa shape index (κ2) is 52.3. The first kappa shape index (κ1) is 60.6. The van der Waals surface area contributed by atoms with Gasteiger partial charge >= 0.3 is 17.9 Å². The molecule has 0 aliphatic heterocycles. The molecule has 1 unspecified atom stereocenters. The summed E-state index contributed by atoms with van der Waals surface area (Å²) in [7, 11) is 0. The second-order valence-corrected chi connectivity index (χ2v) is 18.5. The smallest absolute Gasteiger partial charge is 0.306 e. The number of hydrogen-bond donors (Lipinski definition) is 0. The molecule has 0 rings (SSSR count). The zero-order chi connectivity index (χ0) is 45.8. The lowest BCUT2D eigenvalue weighted by Gasteiger charge is -2.18. The van der Waals surface area contributed by atoms with E-state index in [1.807, 2.05) is 0 Å². The van der Waals surface area contributed by atoms with E-state index in [0.29, 0.717) is 19.3 Å². The van der Waals surface area contributed by atoms with Gasteiger partial charge in [0.2, 0.25) is 0 Å². The van der Waals surface area contributed by atoms with Crippen LogP contribution in [0, 0.1) is 0 Å². The molecule has 0 amide bonds. The maximum atomic E-state index is 12.7. The van der Waals surface area contributed by atoms with Crippen molar-refractivity contribution in [1.29, 1.82) is 0 Å². The van der Waals surface area contributed by atoms with Crippen LogP contribution in [0.3, 0.4) is 0 Å². The third-order valence-corrected chi connectivity index (χ3v) is 12.1. The molecular weight excluding hydrogens is 781 g/mol. The first-order chi connectivity index (χ1) is 31.0. The minimum Gasteiger partial charge on any atom is -0.462 e. The molecule has 63 heavy (non-hydrogen) atoms. The third kappa shape index (κ3) is 50.5. The molecule has 0 saturated heterocycles. The van der Waals surface area contributed by atoms with Gasteiger partial charge in [-0.25, -0.2) is 0 Å². The topological polar surface area (TPSA) is 78.9 Å². The van der Waals surface area contributed by atoms with Gasteiger partial charge < -0.3 is 14.2 Å². The Morgan fingerprint density at radius 1 is 0.317 bits per heavy atom. The largest absolute Gasteiger partial charge is 0.462 e. The molecule has 0 bridgehead atoms. The molecular formula is C57H104O6. The van der Waals surface area contributed by atoms with Crippen molar-refractivity contribution >= 4 is 17.9 Å². The van der Waals surface area contributed by atoms with Crippen LogP contribution in [0.5, 0.6) is 0 Å². The Kier molecular flexibility index (Phi) is 50.3. The molecule has 1 atom stereocenters. The van der Waals surface area contributed by atoms with Gasteiger partial charge in [-0.3, -0.25) is 14.4 Å².